The van der Waals surface area contributed by atoms with Gasteiger partial charge in [0.15, 0.2) is 5.16 Å². The summed E-state index contributed by atoms with van der Waals surface area (Å²) in [7, 11) is 0. The van der Waals surface area contributed by atoms with Crippen molar-refractivity contribution in [1.82, 2.24) is 9.55 Å². The molecule has 0 amide bonds. The second kappa shape index (κ2) is 4.35. The highest BCUT2D eigenvalue weighted by atomic mass is 32.2. The fourth-order valence-electron chi connectivity index (χ4n) is 3.00. The Morgan fingerprint density at radius 1 is 1.32 bits per heavy atom. The number of rotatable bonds is 2. The van der Waals surface area contributed by atoms with Crippen LogP contribution in [0.25, 0.3) is 10.2 Å². The Balaban J connectivity index is 2.06. The van der Waals surface area contributed by atoms with Gasteiger partial charge in [-0.3, -0.25) is 9.36 Å². The third-order valence-electron chi connectivity index (χ3n) is 4.08. The second-order valence-electron chi connectivity index (χ2n) is 5.40. The van der Waals surface area contributed by atoms with Crippen molar-refractivity contribution in [2.24, 2.45) is 0 Å². The van der Waals surface area contributed by atoms with Crippen LogP contribution in [0, 0.1) is 0 Å². The molecule has 2 aromatic heterocycles. The van der Waals surface area contributed by atoms with Gasteiger partial charge in [0, 0.05) is 10.9 Å². The van der Waals surface area contributed by atoms with Crippen molar-refractivity contribution in [2.75, 3.05) is 6.26 Å². The summed E-state index contributed by atoms with van der Waals surface area (Å²) < 4.78 is 1.95. The van der Waals surface area contributed by atoms with Gasteiger partial charge in [-0.15, -0.1) is 11.3 Å². The van der Waals surface area contributed by atoms with Crippen molar-refractivity contribution in [2.45, 2.75) is 49.7 Å². The lowest BCUT2D eigenvalue weighted by Gasteiger charge is -2.11. The molecular weight excluding hydrogens is 276 g/mol. The van der Waals surface area contributed by atoms with E-state index in [4.69, 9.17) is 4.98 Å². The van der Waals surface area contributed by atoms with E-state index in [0.717, 1.165) is 41.1 Å². The van der Waals surface area contributed by atoms with Crippen LogP contribution in [0.3, 0.4) is 0 Å². The quantitative estimate of drug-likeness (QED) is 0.628. The van der Waals surface area contributed by atoms with E-state index >= 15 is 0 Å². The lowest BCUT2D eigenvalue weighted by molar-refractivity contribution is 0.618. The molecule has 0 spiro atoms. The topological polar surface area (TPSA) is 34.9 Å². The molecule has 5 heteroatoms. The number of fused-ring (bicyclic) bond motifs is 3. The summed E-state index contributed by atoms with van der Waals surface area (Å²) in [6.45, 7) is 0. The van der Waals surface area contributed by atoms with Crippen LogP contribution in [0.1, 0.15) is 42.2 Å². The van der Waals surface area contributed by atoms with E-state index in [1.807, 2.05) is 10.8 Å². The molecule has 2 aliphatic rings. The molecular formula is C14H16N2OS2. The average molecular weight is 292 g/mol. The molecule has 2 aliphatic carbocycles. The molecule has 4 rings (SSSR count). The van der Waals surface area contributed by atoms with Crippen LogP contribution in [0.15, 0.2) is 9.95 Å². The first-order valence-corrected chi connectivity index (χ1v) is 8.94. The molecule has 0 aliphatic heterocycles. The maximum Gasteiger partial charge on any atom is 0.263 e. The van der Waals surface area contributed by atoms with Gasteiger partial charge in [-0.25, -0.2) is 4.98 Å². The Morgan fingerprint density at radius 2 is 2.11 bits per heavy atom. The molecule has 0 bridgehead atoms. The minimum absolute atomic E-state index is 0.219. The van der Waals surface area contributed by atoms with E-state index in [1.54, 1.807) is 23.1 Å². The largest absolute Gasteiger partial charge is 0.284 e. The number of hydrogen-bond acceptors (Lipinski definition) is 4. The zero-order chi connectivity index (χ0) is 13.0. The van der Waals surface area contributed by atoms with Gasteiger partial charge in [-0.2, -0.15) is 0 Å². The highest BCUT2D eigenvalue weighted by Gasteiger charge is 2.30. The van der Waals surface area contributed by atoms with Gasteiger partial charge >= 0.3 is 0 Å². The van der Waals surface area contributed by atoms with Crippen molar-refractivity contribution >= 4 is 33.3 Å². The second-order valence-corrected chi connectivity index (χ2v) is 7.25. The van der Waals surface area contributed by atoms with Crippen LogP contribution in [0.5, 0.6) is 0 Å². The first-order chi connectivity index (χ1) is 9.29. The van der Waals surface area contributed by atoms with Crippen molar-refractivity contribution in [3.8, 4) is 0 Å². The van der Waals surface area contributed by atoms with Gasteiger partial charge in [-0.1, -0.05) is 11.8 Å². The zero-order valence-electron chi connectivity index (χ0n) is 10.9. The lowest BCUT2D eigenvalue weighted by Crippen LogP contribution is -2.22. The molecule has 0 aromatic carbocycles. The summed E-state index contributed by atoms with van der Waals surface area (Å²) in [6.07, 6.45) is 8.95. The monoisotopic (exact) mass is 292 g/mol. The summed E-state index contributed by atoms with van der Waals surface area (Å²) in [5, 5.41) is 1.84. The average Bonchev–Trinajstić information content (AvgIpc) is 3.18. The first kappa shape index (κ1) is 12.0. The van der Waals surface area contributed by atoms with Crippen molar-refractivity contribution in [3.63, 3.8) is 0 Å². The van der Waals surface area contributed by atoms with Crippen molar-refractivity contribution in [1.29, 1.82) is 0 Å². The fraction of sp³-hybridized carbons (Fsp3) is 0.571. The number of hydrogen-bond donors (Lipinski definition) is 0. The van der Waals surface area contributed by atoms with Gasteiger partial charge in [0.2, 0.25) is 0 Å². The third-order valence-corrected chi connectivity index (χ3v) is 5.92. The number of thioether (sulfide) groups is 1. The van der Waals surface area contributed by atoms with E-state index in [1.165, 1.54) is 23.3 Å². The Kier molecular flexibility index (Phi) is 2.74. The normalized spacial score (nSPS) is 18.8. The van der Waals surface area contributed by atoms with Crippen LogP contribution in [0.2, 0.25) is 0 Å². The number of thiophene rings is 1. The summed E-state index contributed by atoms with van der Waals surface area (Å²) in [4.78, 5) is 20.0. The van der Waals surface area contributed by atoms with E-state index in [9.17, 15) is 4.79 Å². The molecule has 0 N–H and O–H groups in total. The highest BCUT2D eigenvalue weighted by Crippen LogP contribution is 2.39. The lowest BCUT2D eigenvalue weighted by atomic mass is 9.97. The summed E-state index contributed by atoms with van der Waals surface area (Å²) in [5.41, 5.74) is 1.53. The Morgan fingerprint density at radius 3 is 2.84 bits per heavy atom. The number of aromatic nitrogens is 2. The zero-order valence-corrected chi connectivity index (χ0v) is 12.6. The van der Waals surface area contributed by atoms with Crippen LogP contribution >= 0.6 is 23.1 Å². The number of aryl methyl sites for hydroxylation is 2. The predicted octanol–water partition coefficient (Wildman–Crippen LogP) is 3.39. The molecule has 0 radical (unpaired) electrons. The maximum atomic E-state index is 12.8. The van der Waals surface area contributed by atoms with Gasteiger partial charge in [-0.05, 0) is 50.3 Å². The van der Waals surface area contributed by atoms with E-state index in [-0.39, 0.29) is 5.56 Å². The molecule has 2 aromatic rings. The van der Waals surface area contributed by atoms with Crippen molar-refractivity contribution < 1.29 is 0 Å². The third kappa shape index (κ3) is 1.78. The molecule has 19 heavy (non-hydrogen) atoms. The predicted molar refractivity (Wildman–Crippen MR) is 80.6 cm³/mol. The molecule has 1 fully saturated rings. The molecule has 2 heterocycles. The molecule has 0 atom stereocenters. The van der Waals surface area contributed by atoms with Gasteiger partial charge in [0.1, 0.15) is 4.83 Å². The Bertz CT molecular complexity index is 712. The summed E-state index contributed by atoms with van der Waals surface area (Å²) >= 11 is 3.34. The van der Waals surface area contributed by atoms with Crippen LogP contribution in [-0.4, -0.2) is 15.8 Å². The number of nitrogens with zero attached hydrogens (tertiary/aromatic N) is 2. The van der Waals surface area contributed by atoms with Crippen LogP contribution in [0.4, 0.5) is 0 Å². The van der Waals surface area contributed by atoms with E-state index in [2.05, 4.69) is 0 Å². The van der Waals surface area contributed by atoms with Crippen molar-refractivity contribution in [3.05, 3.63) is 20.8 Å². The Labute approximate surface area is 120 Å². The molecule has 3 nitrogen and oxygen atoms in total. The van der Waals surface area contributed by atoms with E-state index in [0.29, 0.717) is 6.04 Å². The Hall–Kier alpha value is -0.810. The SMILES string of the molecule is CSc1nc2sc3c(c2c(=O)n1C1CC1)CCCC3. The van der Waals surface area contributed by atoms with E-state index < -0.39 is 0 Å². The molecule has 1 saturated carbocycles. The molecule has 0 unspecified atom stereocenters. The smallest absolute Gasteiger partial charge is 0.263 e. The van der Waals surface area contributed by atoms with Gasteiger partial charge < -0.3 is 0 Å². The van der Waals surface area contributed by atoms with Crippen LogP contribution in [-0.2, 0) is 12.8 Å². The molecule has 0 saturated heterocycles. The minimum Gasteiger partial charge on any atom is -0.284 e. The van der Waals surface area contributed by atoms with Gasteiger partial charge in [0.25, 0.3) is 5.56 Å². The highest BCUT2D eigenvalue weighted by molar-refractivity contribution is 7.98. The minimum atomic E-state index is 0.219. The molecule has 100 valence electrons. The summed E-state index contributed by atoms with van der Waals surface area (Å²) in [5.74, 6) is 0. The van der Waals surface area contributed by atoms with Crippen LogP contribution < -0.4 is 5.56 Å². The first-order valence-electron chi connectivity index (χ1n) is 6.90. The summed E-state index contributed by atoms with van der Waals surface area (Å²) in [6, 6.07) is 0.408. The fourth-order valence-corrected chi connectivity index (χ4v) is 4.92. The van der Waals surface area contributed by atoms with Gasteiger partial charge in [0.05, 0.1) is 5.39 Å². The standard InChI is InChI=1S/C14H16N2OS2/c1-18-14-15-12-11(13(17)16(14)8-6-7-8)9-4-2-3-5-10(9)19-12/h8H,2-7H2,1H3. The maximum absolute atomic E-state index is 12.8.